The van der Waals surface area contributed by atoms with Crippen LogP contribution in [0.4, 0.5) is 5.95 Å². The van der Waals surface area contributed by atoms with E-state index in [9.17, 15) is 4.79 Å². The molecule has 3 aromatic rings. The van der Waals surface area contributed by atoms with Gasteiger partial charge in [-0.1, -0.05) is 47.6 Å². The molecule has 0 aliphatic carbocycles. The smallest absolute Gasteiger partial charge is 0.338 e. The van der Waals surface area contributed by atoms with Crippen molar-refractivity contribution in [2.24, 2.45) is 0 Å². The summed E-state index contributed by atoms with van der Waals surface area (Å²) in [6.45, 7) is 8.15. The van der Waals surface area contributed by atoms with Crippen molar-refractivity contribution in [3.8, 4) is 11.5 Å². The lowest BCUT2D eigenvalue weighted by Gasteiger charge is -2.27. The maximum Gasteiger partial charge on any atom is 0.338 e. The van der Waals surface area contributed by atoms with Crippen molar-refractivity contribution in [2.75, 3.05) is 18.5 Å². The van der Waals surface area contributed by atoms with Crippen LogP contribution in [-0.2, 0) is 16.1 Å². The molecule has 2 heterocycles. The molecule has 1 aromatic heterocycles. The fourth-order valence-corrected chi connectivity index (χ4v) is 3.75. The highest BCUT2D eigenvalue weighted by Gasteiger charge is 2.35. The monoisotopic (exact) mass is 481 g/mol. The third kappa shape index (κ3) is 4.89. The molecule has 0 spiro atoms. The quantitative estimate of drug-likeness (QED) is 0.356. The zero-order valence-electron chi connectivity index (χ0n) is 18.8. The van der Waals surface area contributed by atoms with Crippen molar-refractivity contribution < 1.29 is 19.0 Å². The van der Waals surface area contributed by atoms with E-state index in [-0.39, 0.29) is 6.61 Å². The van der Waals surface area contributed by atoms with Gasteiger partial charge in [-0.3, -0.25) is 0 Å². The molecular formula is C24H24ClN5O4. The summed E-state index contributed by atoms with van der Waals surface area (Å²) in [7, 11) is 0. The second-order valence-electron chi connectivity index (χ2n) is 7.45. The van der Waals surface area contributed by atoms with E-state index in [0.29, 0.717) is 47.0 Å². The maximum atomic E-state index is 12.9. The fraction of sp³-hybridized carbons (Fsp3) is 0.250. The normalized spacial score (nSPS) is 14.7. The third-order valence-corrected chi connectivity index (χ3v) is 5.41. The zero-order valence-corrected chi connectivity index (χ0v) is 19.6. The number of carbonyl (C=O) groups is 1. The van der Waals surface area contributed by atoms with Crippen molar-refractivity contribution in [3.05, 3.63) is 82.5 Å². The number of nitrogens with zero attached hydrogens (tertiary/aromatic N) is 4. The third-order valence-electron chi connectivity index (χ3n) is 5.16. The minimum Gasteiger partial charge on any atom is -0.490 e. The molecule has 0 radical (unpaired) electrons. The van der Waals surface area contributed by atoms with Crippen LogP contribution in [0.2, 0.25) is 5.02 Å². The van der Waals surface area contributed by atoms with E-state index in [1.54, 1.807) is 6.92 Å². The molecule has 4 rings (SSSR count). The topological polar surface area (TPSA) is 100 Å². The van der Waals surface area contributed by atoms with E-state index in [4.69, 9.17) is 25.8 Å². The summed E-state index contributed by atoms with van der Waals surface area (Å²) in [5.41, 5.74) is 2.70. The van der Waals surface area contributed by atoms with Crippen LogP contribution < -0.4 is 14.8 Å². The number of anilines is 1. The first-order valence-electron chi connectivity index (χ1n) is 10.7. The fourth-order valence-electron chi connectivity index (χ4n) is 3.62. The first-order chi connectivity index (χ1) is 16.5. The van der Waals surface area contributed by atoms with Crippen LogP contribution in [0.25, 0.3) is 0 Å². The Bertz CT molecular complexity index is 1220. The molecule has 1 unspecified atom stereocenters. The lowest BCUT2D eigenvalue weighted by Crippen LogP contribution is -2.29. The number of hydrogen-bond donors (Lipinski definition) is 1. The minimum absolute atomic E-state index is 0.0898. The SMILES string of the molecule is C=CCOC(=O)C1=C(C)Nc2nnnn2C1c1ccc(OCc2ccc(Cl)cc2)c(OCC)c1. The Morgan fingerprint density at radius 2 is 2.00 bits per heavy atom. The number of aromatic nitrogens is 4. The van der Waals surface area contributed by atoms with E-state index >= 15 is 0 Å². The number of halogens is 1. The Balaban J connectivity index is 1.68. The van der Waals surface area contributed by atoms with Crippen molar-refractivity contribution in [1.82, 2.24) is 20.2 Å². The minimum atomic E-state index is -0.618. The summed E-state index contributed by atoms with van der Waals surface area (Å²) in [4.78, 5) is 12.9. The summed E-state index contributed by atoms with van der Waals surface area (Å²) in [6, 6.07) is 12.3. The molecule has 2 aromatic carbocycles. The van der Waals surface area contributed by atoms with E-state index in [0.717, 1.165) is 11.1 Å². The highest BCUT2D eigenvalue weighted by molar-refractivity contribution is 6.30. The summed E-state index contributed by atoms with van der Waals surface area (Å²) >= 11 is 5.96. The zero-order chi connectivity index (χ0) is 24.1. The Morgan fingerprint density at radius 1 is 1.21 bits per heavy atom. The molecular weight excluding hydrogens is 458 g/mol. The Hall–Kier alpha value is -3.85. The number of ether oxygens (including phenoxy) is 3. The highest BCUT2D eigenvalue weighted by Crippen LogP contribution is 2.39. The van der Waals surface area contributed by atoms with Crippen LogP contribution in [0.5, 0.6) is 11.5 Å². The average Bonchev–Trinajstić information content (AvgIpc) is 3.30. The predicted octanol–water partition coefficient (Wildman–Crippen LogP) is 4.32. The number of rotatable bonds is 9. The van der Waals surface area contributed by atoms with Crippen LogP contribution >= 0.6 is 11.6 Å². The molecule has 0 fully saturated rings. The molecule has 1 N–H and O–H groups in total. The molecule has 10 heteroatoms. The molecule has 1 aliphatic rings. The van der Waals surface area contributed by atoms with Crippen LogP contribution in [0.1, 0.15) is 31.0 Å². The molecule has 0 amide bonds. The van der Waals surface area contributed by atoms with Gasteiger partial charge in [0.25, 0.3) is 0 Å². The number of allylic oxidation sites excluding steroid dienone is 1. The largest absolute Gasteiger partial charge is 0.490 e. The second kappa shape index (κ2) is 10.4. The number of benzene rings is 2. The van der Waals surface area contributed by atoms with Crippen molar-refractivity contribution in [3.63, 3.8) is 0 Å². The number of tetrazole rings is 1. The standard InChI is InChI=1S/C24H24ClN5O4/c1-4-12-33-23(31)21-15(3)26-24-27-28-29-30(24)22(21)17-8-11-19(20(13-17)32-5-2)34-14-16-6-9-18(25)10-7-16/h4,6-11,13,22H,1,5,12,14H2,2-3H3,(H,26,27,29). The van der Waals surface area contributed by atoms with Gasteiger partial charge in [-0.25, -0.2) is 4.79 Å². The van der Waals surface area contributed by atoms with Gasteiger partial charge in [0.1, 0.15) is 19.3 Å². The molecule has 0 saturated carbocycles. The van der Waals surface area contributed by atoms with E-state index in [1.165, 1.54) is 10.8 Å². The Labute approximate surface area is 202 Å². The van der Waals surface area contributed by atoms with Crippen LogP contribution in [-0.4, -0.2) is 39.4 Å². The molecule has 34 heavy (non-hydrogen) atoms. The van der Waals surface area contributed by atoms with Gasteiger partial charge in [-0.05, 0) is 59.7 Å². The van der Waals surface area contributed by atoms with Gasteiger partial charge in [0.05, 0.1) is 12.2 Å². The lowest BCUT2D eigenvalue weighted by molar-refractivity contribution is -0.138. The summed E-state index contributed by atoms with van der Waals surface area (Å²) in [6.07, 6.45) is 1.52. The van der Waals surface area contributed by atoms with Crippen molar-refractivity contribution in [1.29, 1.82) is 0 Å². The molecule has 1 aliphatic heterocycles. The first kappa shape index (κ1) is 23.3. The summed E-state index contributed by atoms with van der Waals surface area (Å²) < 4.78 is 18.8. The van der Waals surface area contributed by atoms with E-state index < -0.39 is 12.0 Å². The molecule has 9 nitrogen and oxygen atoms in total. The van der Waals surface area contributed by atoms with Gasteiger partial charge in [0.2, 0.25) is 5.95 Å². The van der Waals surface area contributed by atoms with Gasteiger partial charge in [0.15, 0.2) is 11.5 Å². The van der Waals surface area contributed by atoms with Gasteiger partial charge < -0.3 is 19.5 Å². The maximum absolute atomic E-state index is 12.9. The first-order valence-corrected chi connectivity index (χ1v) is 11.1. The van der Waals surface area contributed by atoms with Crippen molar-refractivity contribution >= 4 is 23.5 Å². The Morgan fingerprint density at radius 3 is 2.74 bits per heavy atom. The molecule has 1 atom stereocenters. The highest BCUT2D eigenvalue weighted by atomic mass is 35.5. The summed E-state index contributed by atoms with van der Waals surface area (Å²) in [5, 5.41) is 15.6. The van der Waals surface area contributed by atoms with Gasteiger partial charge in [-0.15, -0.1) is 0 Å². The van der Waals surface area contributed by atoms with Crippen LogP contribution in [0.3, 0.4) is 0 Å². The Kier molecular flexibility index (Phi) is 7.12. The molecule has 0 saturated heterocycles. The van der Waals surface area contributed by atoms with Gasteiger partial charge >= 0.3 is 5.97 Å². The second-order valence-corrected chi connectivity index (χ2v) is 7.89. The predicted molar refractivity (Wildman–Crippen MR) is 127 cm³/mol. The van der Waals surface area contributed by atoms with E-state index in [1.807, 2.05) is 49.4 Å². The van der Waals surface area contributed by atoms with Gasteiger partial charge in [-0.2, -0.15) is 4.68 Å². The van der Waals surface area contributed by atoms with E-state index in [2.05, 4.69) is 27.4 Å². The number of esters is 1. The molecule has 0 bridgehead atoms. The number of fused-ring (bicyclic) bond motifs is 1. The number of nitrogens with one attached hydrogen (secondary N) is 1. The van der Waals surface area contributed by atoms with Gasteiger partial charge in [0, 0.05) is 10.7 Å². The number of hydrogen-bond acceptors (Lipinski definition) is 8. The molecule has 176 valence electrons. The van der Waals surface area contributed by atoms with Crippen LogP contribution in [0, 0.1) is 0 Å². The van der Waals surface area contributed by atoms with Crippen molar-refractivity contribution in [2.45, 2.75) is 26.5 Å². The average molecular weight is 482 g/mol. The number of carbonyl (C=O) groups excluding carboxylic acids is 1. The van der Waals surface area contributed by atoms with Crippen LogP contribution in [0.15, 0.2) is 66.4 Å². The lowest BCUT2D eigenvalue weighted by atomic mass is 9.95. The summed E-state index contributed by atoms with van der Waals surface area (Å²) in [5.74, 6) is 1.04.